The Labute approximate surface area is 85.9 Å². The molecule has 0 saturated heterocycles. The van der Waals surface area contributed by atoms with Crippen LogP contribution in [0.15, 0.2) is 29.3 Å². The Morgan fingerprint density at radius 2 is 2.08 bits per heavy atom. The molecule has 13 heavy (non-hydrogen) atoms. The highest BCUT2D eigenvalue weighted by Gasteiger charge is 2.15. The van der Waals surface area contributed by atoms with E-state index in [0.29, 0.717) is 0 Å². The zero-order chi connectivity index (χ0) is 10.1. The molecule has 0 radical (unpaired) electrons. The van der Waals surface area contributed by atoms with Crippen LogP contribution in [0, 0.1) is 0 Å². The smallest absolute Gasteiger partial charge is 0.217 e. The second kappa shape index (κ2) is 3.65. The highest BCUT2D eigenvalue weighted by atomic mass is 35.5. The summed E-state index contributed by atoms with van der Waals surface area (Å²) in [5.41, 5.74) is 0. The third kappa shape index (κ3) is 2.21. The standard InChI is InChI=1S/C7H5Cl2NO2S/c1-2-13(11,12)7-6(9)3-5(8)4-10-7/h2-4H,1H2. The molecular weight excluding hydrogens is 233 g/mol. The molecule has 0 spiro atoms. The number of rotatable bonds is 2. The first-order valence-electron chi connectivity index (χ1n) is 3.16. The fourth-order valence-electron chi connectivity index (χ4n) is 0.690. The molecule has 0 unspecified atom stereocenters. The molecule has 0 bridgehead atoms. The summed E-state index contributed by atoms with van der Waals surface area (Å²) in [5.74, 6) is 0. The molecule has 1 heterocycles. The van der Waals surface area contributed by atoms with E-state index in [-0.39, 0.29) is 15.1 Å². The predicted molar refractivity (Wildman–Crippen MR) is 51.6 cm³/mol. The second-order valence-corrected chi connectivity index (χ2v) is 4.81. The van der Waals surface area contributed by atoms with Crippen LogP contribution in [0.2, 0.25) is 10.0 Å². The maximum Gasteiger partial charge on any atom is 0.217 e. The van der Waals surface area contributed by atoms with Crippen LogP contribution >= 0.6 is 23.2 Å². The maximum atomic E-state index is 11.2. The van der Waals surface area contributed by atoms with Gasteiger partial charge in [-0.3, -0.25) is 0 Å². The fourth-order valence-corrected chi connectivity index (χ4v) is 2.08. The van der Waals surface area contributed by atoms with Gasteiger partial charge in [-0.25, -0.2) is 13.4 Å². The summed E-state index contributed by atoms with van der Waals surface area (Å²) in [5, 5.41) is 0.837. The minimum absolute atomic E-state index is 0.00704. The van der Waals surface area contributed by atoms with Crippen LogP contribution < -0.4 is 0 Å². The molecule has 1 rings (SSSR count). The van der Waals surface area contributed by atoms with Gasteiger partial charge in [0.1, 0.15) is 0 Å². The number of pyridine rings is 1. The number of halogens is 2. The molecule has 70 valence electrons. The van der Waals surface area contributed by atoms with Gasteiger partial charge in [-0.05, 0) is 6.07 Å². The number of aromatic nitrogens is 1. The molecule has 0 aliphatic carbocycles. The Bertz CT molecular complexity index is 442. The van der Waals surface area contributed by atoms with E-state index < -0.39 is 9.84 Å². The van der Waals surface area contributed by atoms with E-state index in [1.165, 1.54) is 12.3 Å². The summed E-state index contributed by atoms with van der Waals surface area (Å²) in [6.07, 6.45) is 1.21. The Morgan fingerprint density at radius 3 is 2.54 bits per heavy atom. The van der Waals surface area contributed by atoms with Gasteiger partial charge in [0.25, 0.3) is 0 Å². The van der Waals surface area contributed by atoms with Crippen LogP contribution in [0.3, 0.4) is 0 Å². The predicted octanol–water partition coefficient (Wildman–Crippen LogP) is 2.31. The highest BCUT2D eigenvalue weighted by Crippen LogP contribution is 2.23. The van der Waals surface area contributed by atoms with Gasteiger partial charge in [-0.1, -0.05) is 29.8 Å². The number of hydrogen-bond acceptors (Lipinski definition) is 3. The van der Waals surface area contributed by atoms with E-state index in [1.54, 1.807) is 0 Å². The van der Waals surface area contributed by atoms with Crippen LogP contribution in [-0.2, 0) is 9.84 Å². The van der Waals surface area contributed by atoms with Gasteiger partial charge in [0.05, 0.1) is 10.0 Å². The van der Waals surface area contributed by atoms with E-state index in [2.05, 4.69) is 11.6 Å². The van der Waals surface area contributed by atoms with E-state index in [9.17, 15) is 8.42 Å². The van der Waals surface area contributed by atoms with Crippen molar-refractivity contribution in [1.29, 1.82) is 0 Å². The molecule has 0 aliphatic rings. The van der Waals surface area contributed by atoms with Gasteiger partial charge in [-0.15, -0.1) is 0 Å². The van der Waals surface area contributed by atoms with Crippen LogP contribution in [0.25, 0.3) is 0 Å². The van der Waals surface area contributed by atoms with Crippen LogP contribution in [0.4, 0.5) is 0 Å². The molecule has 0 amide bonds. The Balaban J connectivity index is 3.41. The first-order chi connectivity index (χ1) is 5.97. The molecule has 3 nitrogen and oxygen atoms in total. The lowest BCUT2D eigenvalue weighted by Crippen LogP contribution is -1.99. The normalized spacial score (nSPS) is 11.2. The van der Waals surface area contributed by atoms with Gasteiger partial charge in [-0.2, -0.15) is 0 Å². The molecule has 6 heteroatoms. The van der Waals surface area contributed by atoms with Gasteiger partial charge >= 0.3 is 0 Å². The lowest BCUT2D eigenvalue weighted by atomic mass is 10.5. The van der Waals surface area contributed by atoms with Crippen molar-refractivity contribution in [2.45, 2.75) is 5.03 Å². The average Bonchev–Trinajstić information content (AvgIpc) is 2.03. The molecular formula is C7H5Cl2NO2S. The number of nitrogens with zero attached hydrogens (tertiary/aromatic N) is 1. The highest BCUT2D eigenvalue weighted by molar-refractivity contribution is 7.94. The van der Waals surface area contributed by atoms with Gasteiger partial charge in [0.15, 0.2) is 5.03 Å². The third-order valence-electron chi connectivity index (χ3n) is 1.26. The lowest BCUT2D eigenvalue weighted by Gasteiger charge is -2.00. The maximum absolute atomic E-state index is 11.2. The topological polar surface area (TPSA) is 47.0 Å². The third-order valence-corrected chi connectivity index (χ3v) is 3.17. The summed E-state index contributed by atoms with van der Waals surface area (Å²) < 4.78 is 22.4. The number of sulfone groups is 1. The summed E-state index contributed by atoms with van der Waals surface area (Å²) in [6, 6.07) is 1.31. The molecule has 0 aliphatic heterocycles. The van der Waals surface area contributed by atoms with E-state index >= 15 is 0 Å². The van der Waals surface area contributed by atoms with Crippen LogP contribution in [-0.4, -0.2) is 13.4 Å². The SMILES string of the molecule is C=CS(=O)(=O)c1ncc(Cl)cc1Cl. The van der Waals surface area contributed by atoms with E-state index in [1.807, 2.05) is 0 Å². The van der Waals surface area contributed by atoms with Crippen molar-refractivity contribution in [3.8, 4) is 0 Å². The number of hydrogen-bond donors (Lipinski definition) is 0. The molecule has 1 aromatic rings. The zero-order valence-electron chi connectivity index (χ0n) is 6.37. The summed E-state index contributed by atoms with van der Waals surface area (Å²) in [7, 11) is -3.58. The van der Waals surface area contributed by atoms with Gasteiger partial charge in [0.2, 0.25) is 9.84 Å². The Hall–Kier alpha value is -0.580. The van der Waals surface area contributed by atoms with Crippen molar-refractivity contribution in [3.05, 3.63) is 34.3 Å². The largest absolute Gasteiger partial charge is 0.241 e. The summed E-state index contributed by atoms with van der Waals surface area (Å²) in [4.78, 5) is 3.60. The Morgan fingerprint density at radius 1 is 1.46 bits per heavy atom. The minimum Gasteiger partial charge on any atom is -0.241 e. The van der Waals surface area contributed by atoms with Crippen molar-refractivity contribution in [1.82, 2.24) is 4.98 Å². The lowest BCUT2D eigenvalue weighted by molar-refractivity contribution is 0.601. The van der Waals surface area contributed by atoms with Crippen LogP contribution in [0.1, 0.15) is 0 Å². The summed E-state index contributed by atoms with van der Waals surface area (Å²) >= 11 is 11.2. The van der Waals surface area contributed by atoms with Crippen molar-refractivity contribution < 1.29 is 8.42 Å². The van der Waals surface area contributed by atoms with E-state index in [0.717, 1.165) is 5.41 Å². The first kappa shape index (κ1) is 10.5. The van der Waals surface area contributed by atoms with Crippen LogP contribution in [0.5, 0.6) is 0 Å². The zero-order valence-corrected chi connectivity index (χ0v) is 8.70. The summed E-state index contributed by atoms with van der Waals surface area (Å²) in [6.45, 7) is 3.15. The monoisotopic (exact) mass is 237 g/mol. The molecule has 1 aromatic heterocycles. The quantitative estimate of drug-likeness (QED) is 0.794. The first-order valence-corrected chi connectivity index (χ1v) is 5.46. The van der Waals surface area contributed by atoms with Gasteiger partial charge in [0, 0.05) is 11.6 Å². The molecule has 0 saturated carbocycles. The molecule has 0 N–H and O–H groups in total. The van der Waals surface area contributed by atoms with Crippen molar-refractivity contribution in [3.63, 3.8) is 0 Å². The average molecular weight is 238 g/mol. The van der Waals surface area contributed by atoms with Crippen molar-refractivity contribution in [2.75, 3.05) is 0 Å². The van der Waals surface area contributed by atoms with Gasteiger partial charge < -0.3 is 0 Å². The van der Waals surface area contributed by atoms with Crippen molar-refractivity contribution in [2.24, 2.45) is 0 Å². The second-order valence-electron chi connectivity index (χ2n) is 2.15. The fraction of sp³-hybridized carbons (Fsp3) is 0. The Kier molecular flexibility index (Phi) is 2.95. The molecule has 0 aromatic carbocycles. The molecule has 0 atom stereocenters. The molecule has 0 fully saturated rings. The minimum atomic E-state index is -3.58. The van der Waals surface area contributed by atoms with Crippen molar-refractivity contribution >= 4 is 33.0 Å². The van der Waals surface area contributed by atoms with E-state index in [4.69, 9.17) is 23.2 Å².